The molecular formula is C12H12BrN3O3S. The van der Waals surface area contributed by atoms with E-state index in [4.69, 9.17) is 0 Å². The molecule has 0 aromatic carbocycles. The van der Waals surface area contributed by atoms with Crippen LogP contribution in [0.15, 0.2) is 27.5 Å². The van der Waals surface area contributed by atoms with Crippen molar-refractivity contribution in [2.75, 3.05) is 11.9 Å². The SMILES string of the molecule is Cc1c([N+](=O)[O-])cnc(NCC(O)c2ccsc2)c1Br. The minimum atomic E-state index is -0.648. The Balaban J connectivity index is 2.11. The quantitative estimate of drug-likeness (QED) is 0.633. The van der Waals surface area contributed by atoms with Gasteiger partial charge in [0.2, 0.25) is 0 Å². The van der Waals surface area contributed by atoms with Gasteiger partial charge in [0.15, 0.2) is 0 Å². The molecule has 2 aromatic heterocycles. The molecule has 0 aliphatic carbocycles. The molecular weight excluding hydrogens is 346 g/mol. The second kappa shape index (κ2) is 6.29. The van der Waals surface area contributed by atoms with E-state index in [1.165, 1.54) is 17.5 Å². The molecule has 0 fully saturated rings. The van der Waals surface area contributed by atoms with Gasteiger partial charge in [0.25, 0.3) is 5.69 Å². The maximum Gasteiger partial charge on any atom is 0.291 e. The zero-order valence-corrected chi connectivity index (χ0v) is 12.9. The van der Waals surface area contributed by atoms with E-state index in [0.29, 0.717) is 15.9 Å². The molecule has 20 heavy (non-hydrogen) atoms. The van der Waals surface area contributed by atoms with E-state index >= 15 is 0 Å². The fourth-order valence-electron chi connectivity index (χ4n) is 1.65. The summed E-state index contributed by atoms with van der Waals surface area (Å²) in [7, 11) is 0. The second-order valence-corrected chi connectivity index (χ2v) is 5.71. The first-order valence-electron chi connectivity index (χ1n) is 5.74. The molecule has 0 saturated carbocycles. The van der Waals surface area contributed by atoms with Crippen molar-refractivity contribution in [3.8, 4) is 0 Å². The van der Waals surface area contributed by atoms with Crippen molar-refractivity contribution in [1.29, 1.82) is 0 Å². The highest BCUT2D eigenvalue weighted by molar-refractivity contribution is 9.10. The van der Waals surface area contributed by atoms with Crippen molar-refractivity contribution >= 4 is 38.8 Å². The number of nitro groups is 1. The van der Waals surface area contributed by atoms with Crippen LogP contribution in [0.1, 0.15) is 17.2 Å². The Morgan fingerprint density at radius 1 is 1.65 bits per heavy atom. The van der Waals surface area contributed by atoms with Gasteiger partial charge in [-0.25, -0.2) is 4.98 Å². The lowest BCUT2D eigenvalue weighted by atomic mass is 10.2. The largest absolute Gasteiger partial charge is 0.387 e. The maximum atomic E-state index is 10.8. The monoisotopic (exact) mass is 357 g/mol. The summed E-state index contributed by atoms with van der Waals surface area (Å²) >= 11 is 4.80. The standard InChI is InChI=1S/C12H12BrN3O3S/c1-7-9(16(18)19)4-14-12(11(7)13)15-5-10(17)8-2-3-20-6-8/h2-4,6,10,17H,5H2,1H3,(H,14,15). The van der Waals surface area contributed by atoms with Gasteiger partial charge in [-0.15, -0.1) is 0 Å². The van der Waals surface area contributed by atoms with E-state index in [1.807, 2.05) is 16.8 Å². The van der Waals surface area contributed by atoms with E-state index in [2.05, 4.69) is 26.2 Å². The first-order valence-corrected chi connectivity index (χ1v) is 7.47. The van der Waals surface area contributed by atoms with E-state index in [9.17, 15) is 15.2 Å². The topological polar surface area (TPSA) is 88.3 Å². The summed E-state index contributed by atoms with van der Waals surface area (Å²) in [6.07, 6.45) is 0.560. The Morgan fingerprint density at radius 3 is 3.00 bits per heavy atom. The number of pyridine rings is 1. The van der Waals surface area contributed by atoms with Crippen molar-refractivity contribution < 1.29 is 10.0 Å². The van der Waals surface area contributed by atoms with Crippen LogP contribution in [-0.2, 0) is 0 Å². The van der Waals surface area contributed by atoms with Gasteiger partial charge in [0.1, 0.15) is 12.0 Å². The van der Waals surface area contributed by atoms with Crippen LogP contribution in [0.5, 0.6) is 0 Å². The Hall–Kier alpha value is -1.51. The number of anilines is 1. The lowest BCUT2D eigenvalue weighted by Crippen LogP contribution is -2.13. The number of hydrogen-bond donors (Lipinski definition) is 2. The molecule has 2 aromatic rings. The van der Waals surface area contributed by atoms with Crippen molar-refractivity contribution in [3.63, 3.8) is 0 Å². The molecule has 106 valence electrons. The first-order chi connectivity index (χ1) is 9.50. The Kier molecular flexibility index (Phi) is 4.69. The number of thiophene rings is 1. The number of halogens is 1. The molecule has 0 aliphatic rings. The average Bonchev–Trinajstić information content (AvgIpc) is 2.93. The highest BCUT2D eigenvalue weighted by Gasteiger charge is 2.17. The van der Waals surface area contributed by atoms with Gasteiger partial charge in [0, 0.05) is 12.1 Å². The third kappa shape index (κ3) is 3.14. The molecule has 1 unspecified atom stereocenters. The van der Waals surface area contributed by atoms with Gasteiger partial charge in [-0.1, -0.05) is 0 Å². The zero-order chi connectivity index (χ0) is 14.7. The van der Waals surface area contributed by atoms with Gasteiger partial charge in [0.05, 0.1) is 15.5 Å². The fraction of sp³-hybridized carbons (Fsp3) is 0.250. The van der Waals surface area contributed by atoms with Crippen molar-refractivity contribution in [3.05, 3.63) is 48.7 Å². The van der Waals surface area contributed by atoms with Gasteiger partial charge in [-0.3, -0.25) is 10.1 Å². The molecule has 0 aliphatic heterocycles. The summed E-state index contributed by atoms with van der Waals surface area (Å²) in [5.41, 5.74) is 1.29. The number of aliphatic hydroxyl groups is 1. The Labute approximate surface area is 127 Å². The number of nitrogens with zero attached hydrogens (tertiary/aromatic N) is 2. The van der Waals surface area contributed by atoms with Crippen LogP contribution in [0.4, 0.5) is 11.5 Å². The van der Waals surface area contributed by atoms with Crippen LogP contribution in [-0.4, -0.2) is 21.6 Å². The summed E-state index contributed by atoms with van der Waals surface area (Å²) in [4.78, 5) is 14.3. The molecule has 0 amide bonds. The summed E-state index contributed by atoms with van der Waals surface area (Å²) in [5.74, 6) is 0.474. The summed E-state index contributed by atoms with van der Waals surface area (Å²) in [6, 6.07) is 1.85. The summed E-state index contributed by atoms with van der Waals surface area (Å²) < 4.78 is 0.532. The third-order valence-electron chi connectivity index (χ3n) is 2.82. The molecule has 8 heteroatoms. The second-order valence-electron chi connectivity index (χ2n) is 4.14. The Morgan fingerprint density at radius 2 is 2.40 bits per heavy atom. The average molecular weight is 358 g/mol. The maximum absolute atomic E-state index is 10.8. The molecule has 0 spiro atoms. The van der Waals surface area contributed by atoms with Crippen LogP contribution in [0.2, 0.25) is 0 Å². The minimum Gasteiger partial charge on any atom is -0.387 e. The van der Waals surface area contributed by atoms with E-state index in [0.717, 1.165) is 5.56 Å². The van der Waals surface area contributed by atoms with Gasteiger partial charge < -0.3 is 10.4 Å². The van der Waals surface area contributed by atoms with E-state index in [1.54, 1.807) is 6.92 Å². The minimum absolute atomic E-state index is 0.0409. The van der Waals surface area contributed by atoms with E-state index < -0.39 is 11.0 Å². The summed E-state index contributed by atoms with van der Waals surface area (Å²) in [6.45, 7) is 1.92. The highest BCUT2D eigenvalue weighted by Crippen LogP contribution is 2.30. The molecule has 2 heterocycles. The van der Waals surface area contributed by atoms with Crippen LogP contribution < -0.4 is 5.32 Å². The van der Waals surface area contributed by atoms with Crippen LogP contribution in [0.3, 0.4) is 0 Å². The molecule has 0 saturated heterocycles. The molecule has 2 N–H and O–H groups in total. The van der Waals surface area contributed by atoms with E-state index in [-0.39, 0.29) is 12.2 Å². The van der Waals surface area contributed by atoms with Crippen LogP contribution in [0.25, 0.3) is 0 Å². The van der Waals surface area contributed by atoms with Crippen molar-refractivity contribution in [2.45, 2.75) is 13.0 Å². The predicted molar refractivity (Wildman–Crippen MR) is 81.1 cm³/mol. The number of rotatable bonds is 5. The molecule has 1 atom stereocenters. The molecule has 0 radical (unpaired) electrons. The van der Waals surface area contributed by atoms with Crippen LogP contribution in [0, 0.1) is 17.0 Å². The normalized spacial score (nSPS) is 12.2. The Bertz CT molecular complexity index is 619. The molecule has 6 nitrogen and oxygen atoms in total. The van der Waals surface area contributed by atoms with Gasteiger partial charge >= 0.3 is 0 Å². The van der Waals surface area contributed by atoms with Crippen molar-refractivity contribution in [2.24, 2.45) is 0 Å². The third-order valence-corrected chi connectivity index (χ3v) is 4.50. The number of aliphatic hydroxyl groups excluding tert-OH is 1. The predicted octanol–water partition coefficient (Wildman–Crippen LogP) is 3.27. The lowest BCUT2D eigenvalue weighted by molar-refractivity contribution is -0.385. The lowest BCUT2D eigenvalue weighted by Gasteiger charge is -2.13. The zero-order valence-electron chi connectivity index (χ0n) is 10.5. The van der Waals surface area contributed by atoms with Gasteiger partial charge in [-0.2, -0.15) is 11.3 Å². The van der Waals surface area contributed by atoms with Crippen LogP contribution >= 0.6 is 27.3 Å². The fourth-order valence-corrected chi connectivity index (χ4v) is 2.81. The number of hydrogen-bond acceptors (Lipinski definition) is 6. The number of aromatic nitrogens is 1. The summed E-state index contributed by atoms with van der Waals surface area (Å²) in [5, 5.41) is 27.5. The molecule has 0 bridgehead atoms. The molecule has 2 rings (SSSR count). The smallest absolute Gasteiger partial charge is 0.291 e. The highest BCUT2D eigenvalue weighted by atomic mass is 79.9. The first kappa shape index (κ1) is 14.9. The van der Waals surface area contributed by atoms with Crippen molar-refractivity contribution in [1.82, 2.24) is 4.98 Å². The number of nitrogens with one attached hydrogen (secondary N) is 1. The van der Waals surface area contributed by atoms with Gasteiger partial charge in [-0.05, 0) is 45.2 Å².